The molecule has 21 heavy (non-hydrogen) atoms. The number of alkyl halides is 3. The van der Waals surface area contributed by atoms with Gasteiger partial charge in [0, 0.05) is 0 Å². The second kappa shape index (κ2) is 6.18. The van der Waals surface area contributed by atoms with Gasteiger partial charge >= 0.3 is 6.18 Å². The molecule has 0 aliphatic rings. The highest BCUT2D eigenvalue weighted by molar-refractivity contribution is 5.44. The van der Waals surface area contributed by atoms with Crippen LogP contribution in [0.5, 0.6) is 11.5 Å². The van der Waals surface area contributed by atoms with Crippen molar-refractivity contribution in [3.05, 3.63) is 59.2 Å². The van der Waals surface area contributed by atoms with Crippen molar-refractivity contribution in [3.8, 4) is 11.5 Å². The normalized spacial score (nSPS) is 11.5. The summed E-state index contributed by atoms with van der Waals surface area (Å²) in [5, 5.41) is 0. The summed E-state index contributed by atoms with van der Waals surface area (Å²) in [7, 11) is 0. The van der Waals surface area contributed by atoms with Crippen molar-refractivity contribution in [2.75, 3.05) is 6.54 Å². The van der Waals surface area contributed by atoms with Gasteiger partial charge in [0.05, 0.1) is 5.56 Å². The first-order valence-electron chi connectivity index (χ1n) is 6.55. The van der Waals surface area contributed by atoms with E-state index in [2.05, 4.69) is 0 Å². The highest BCUT2D eigenvalue weighted by atomic mass is 19.4. The highest BCUT2D eigenvalue weighted by Crippen LogP contribution is 2.39. The van der Waals surface area contributed by atoms with Gasteiger partial charge in [0.15, 0.2) is 0 Å². The zero-order valence-electron chi connectivity index (χ0n) is 11.6. The number of benzene rings is 2. The van der Waals surface area contributed by atoms with Gasteiger partial charge in [-0.05, 0) is 49.2 Å². The van der Waals surface area contributed by atoms with Gasteiger partial charge in [-0.2, -0.15) is 13.2 Å². The number of aryl methyl sites for hydroxylation is 1. The summed E-state index contributed by atoms with van der Waals surface area (Å²) in [6.45, 7) is 2.08. The fourth-order valence-corrected chi connectivity index (χ4v) is 2.00. The largest absolute Gasteiger partial charge is 0.456 e. The number of halogens is 3. The van der Waals surface area contributed by atoms with E-state index in [1.165, 1.54) is 6.07 Å². The fourth-order valence-electron chi connectivity index (χ4n) is 2.00. The maximum Gasteiger partial charge on any atom is 0.419 e. The Morgan fingerprint density at radius 1 is 1.05 bits per heavy atom. The Labute approximate surface area is 121 Å². The second-order valence-electron chi connectivity index (χ2n) is 4.73. The van der Waals surface area contributed by atoms with Crippen molar-refractivity contribution in [1.29, 1.82) is 0 Å². The van der Waals surface area contributed by atoms with Crippen LogP contribution in [-0.2, 0) is 12.6 Å². The van der Waals surface area contributed by atoms with E-state index in [9.17, 15) is 13.2 Å². The Morgan fingerprint density at radius 2 is 1.76 bits per heavy atom. The van der Waals surface area contributed by atoms with Crippen LogP contribution in [0.4, 0.5) is 13.2 Å². The Morgan fingerprint density at radius 3 is 2.38 bits per heavy atom. The van der Waals surface area contributed by atoms with Crippen LogP contribution in [0.25, 0.3) is 0 Å². The Kier molecular flexibility index (Phi) is 4.53. The van der Waals surface area contributed by atoms with Crippen molar-refractivity contribution in [2.24, 2.45) is 5.73 Å². The fraction of sp³-hybridized carbons (Fsp3) is 0.250. The molecule has 0 unspecified atom stereocenters. The zero-order valence-corrected chi connectivity index (χ0v) is 11.6. The molecule has 0 saturated heterocycles. The lowest BCUT2D eigenvalue weighted by molar-refractivity contribution is -0.138. The molecular weight excluding hydrogens is 279 g/mol. The predicted molar refractivity (Wildman–Crippen MR) is 75.5 cm³/mol. The van der Waals surface area contributed by atoms with Crippen molar-refractivity contribution in [1.82, 2.24) is 0 Å². The number of nitrogens with two attached hydrogens (primary N) is 1. The zero-order chi connectivity index (χ0) is 15.5. The maximum atomic E-state index is 13.2. The minimum absolute atomic E-state index is 0.197. The lowest BCUT2D eigenvalue weighted by Gasteiger charge is -2.16. The van der Waals surface area contributed by atoms with Gasteiger partial charge in [0.25, 0.3) is 0 Å². The molecular formula is C16H16F3NO. The van der Waals surface area contributed by atoms with Crippen molar-refractivity contribution < 1.29 is 17.9 Å². The Balaban J connectivity index is 2.41. The third-order valence-electron chi connectivity index (χ3n) is 3.10. The molecule has 0 atom stereocenters. The first-order chi connectivity index (χ1) is 9.91. The molecule has 2 N–H and O–H groups in total. The van der Waals surface area contributed by atoms with E-state index < -0.39 is 11.7 Å². The predicted octanol–water partition coefficient (Wildman–Crippen LogP) is 4.31. The van der Waals surface area contributed by atoms with E-state index in [-0.39, 0.29) is 5.75 Å². The molecule has 0 radical (unpaired) electrons. The number of para-hydroxylation sites is 1. The molecule has 0 fully saturated rings. The molecule has 0 aliphatic carbocycles. The third kappa shape index (κ3) is 3.76. The van der Waals surface area contributed by atoms with Crippen LogP contribution < -0.4 is 10.5 Å². The van der Waals surface area contributed by atoms with Gasteiger partial charge in [0.2, 0.25) is 0 Å². The van der Waals surface area contributed by atoms with Crippen LogP contribution in [0.1, 0.15) is 16.7 Å². The molecule has 0 heterocycles. The summed E-state index contributed by atoms with van der Waals surface area (Å²) in [5.41, 5.74) is 5.93. The number of ether oxygens (including phenoxy) is 1. The highest BCUT2D eigenvalue weighted by Gasteiger charge is 2.34. The van der Waals surface area contributed by atoms with Gasteiger partial charge in [-0.1, -0.05) is 24.3 Å². The monoisotopic (exact) mass is 295 g/mol. The van der Waals surface area contributed by atoms with Gasteiger partial charge in [-0.3, -0.25) is 0 Å². The average Bonchev–Trinajstić information content (AvgIpc) is 2.42. The van der Waals surface area contributed by atoms with E-state index in [0.717, 1.165) is 11.6 Å². The number of hydrogen-bond acceptors (Lipinski definition) is 2. The number of hydrogen-bond donors (Lipinski definition) is 1. The van der Waals surface area contributed by atoms with E-state index in [1.54, 1.807) is 37.3 Å². The van der Waals surface area contributed by atoms with Crippen LogP contribution in [0, 0.1) is 6.92 Å². The molecule has 0 amide bonds. The smallest absolute Gasteiger partial charge is 0.419 e. The van der Waals surface area contributed by atoms with E-state index in [4.69, 9.17) is 10.5 Å². The van der Waals surface area contributed by atoms with Gasteiger partial charge in [0.1, 0.15) is 11.5 Å². The average molecular weight is 295 g/mol. The molecule has 0 spiro atoms. The van der Waals surface area contributed by atoms with Crippen LogP contribution in [-0.4, -0.2) is 6.54 Å². The third-order valence-corrected chi connectivity index (χ3v) is 3.10. The van der Waals surface area contributed by atoms with E-state index in [1.807, 2.05) is 0 Å². The molecule has 112 valence electrons. The summed E-state index contributed by atoms with van der Waals surface area (Å²) < 4.78 is 44.9. The molecule has 2 aromatic rings. The van der Waals surface area contributed by atoms with E-state index in [0.29, 0.717) is 24.3 Å². The van der Waals surface area contributed by atoms with Crippen molar-refractivity contribution in [3.63, 3.8) is 0 Å². The summed E-state index contributed by atoms with van der Waals surface area (Å²) in [4.78, 5) is 0. The summed E-state index contributed by atoms with van der Waals surface area (Å²) >= 11 is 0. The summed E-state index contributed by atoms with van der Waals surface area (Å²) in [6.07, 6.45) is -4.07. The van der Waals surface area contributed by atoms with Gasteiger partial charge < -0.3 is 10.5 Å². The Bertz CT molecular complexity index is 623. The topological polar surface area (TPSA) is 35.2 Å². The number of rotatable bonds is 4. The minimum Gasteiger partial charge on any atom is -0.456 e. The molecule has 0 aliphatic heterocycles. The van der Waals surface area contributed by atoms with Crippen LogP contribution >= 0.6 is 0 Å². The SMILES string of the molecule is Cc1ccccc1Oc1ccc(CCN)cc1C(F)(F)F. The lowest BCUT2D eigenvalue weighted by Crippen LogP contribution is -2.10. The van der Waals surface area contributed by atoms with E-state index >= 15 is 0 Å². The summed E-state index contributed by atoms with van der Waals surface area (Å²) in [5.74, 6) is 0.215. The molecule has 0 saturated carbocycles. The molecule has 0 bridgehead atoms. The van der Waals surface area contributed by atoms with Gasteiger partial charge in [-0.15, -0.1) is 0 Å². The maximum absolute atomic E-state index is 13.2. The van der Waals surface area contributed by atoms with Crippen LogP contribution in [0.3, 0.4) is 0 Å². The molecule has 2 aromatic carbocycles. The second-order valence-corrected chi connectivity index (χ2v) is 4.73. The quantitative estimate of drug-likeness (QED) is 0.912. The first kappa shape index (κ1) is 15.4. The minimum atomic E-state index is -4.47. The Hall–Kier alpha value is -2.01. The summed E-state index contributed by atoms with van der Waals surface area (Å²) in [6, 6.07) is 11.0. The molecule has 2 rings (SSSR count). The van der Waals surface area contributed by atoms with Crippen LogP contribution in [0.15, 0.2) is 42.5 Å². The lowest BCUT2D eigenvalue weighted by atomic mass is 10.1. The molecule has 2 nitrogen and oxygen atoms in total. The van der Waals surface area contributed by atoms with Crippen LogP contribution in [0.2, 0.25) is 0 Å². The standard InChI is InChI=1S/C16H16F3NO/c1-11-4-2-3-5-14(11)21-15-7-6-12(8-9-20)10-13(15)16(17,18)19/h2-7,10H,8-9,20H2,1H3. The van der Waals surface area contributed by atoms with Gasteiger partial charge in [-0.25, -0.2) is 0 Å². The molecule has 0 aromatic heterocycles. The first-order valence-corrected chi connectivity index (χ1v) is 6.55. The van der Waals surface area contributed by atoms with Crippen molar-refractivity contribution in [2.45, 2.75) is 19.5 Å². The van der Waals surface area contributed by atoms with Crippen molar-refractivity contribution >= 4 is 0 Å². The molecule has 5 heteroatoms.